The summed E-state index contributed by atoms with van der Waals surface area (Å²) in [6.45, 7) is 4.69. The molecule has 0 aromatic carbocycles. The first-order chi connectivity index (χ1) is 7.15. The van der Waals surface area contributed by atoms with Crippen molar-refractivity contribution < 1.29 is 0 Å². The number of aromatic nitrogens is 1. The van der Waals surface area contributed by atoms with Gasteiger partial charge in [0.1, 0.15) is 5.00 Å². The fourth-order valence-corrected chi connectivity index (χ4v) is 2.87. The number of rotatable bonds is 2. The molecule has 3 atom stereocenters. The van der Waals surface area contributed by atoms with Crippen LogP contribution in [0.25, 0.3) is 0 Å². The zero-order valence-corrected chi connectivity index (χ0v) is 10.2. The molecule has 2 rings (SSSR count). The first kappa shape index (κ1) is 10.7. The van der Waals surface area contributed by atoms with Gasteiger partial charge in [-0.05, 0) is 31.1 Å². The predicted octanol–water partition coefficient (Wildman–Crippen LogP) is 2.96. The molecule has 0 aliphatic heterocycles. The molecular weight excluding hydrogens is 206 g/mol. The van der Waals surface area contributed by atoms with E-state index in [0.29, 0.717) is 6.04 Å². The van der Waals surface area contributed by atoms with Crippen molar-refractivity contribution in [3.63, 3.8) is 0 Å². The lowest BCUT2D eigenvalue weighted by molar-refractivity contribution is 0.261. The van der Waals surface area contributed by atoms with Crippen molar-refractivity contribution in [2.24, 2.45) is 11.8 Å². The fraction of sp³-hybridized carbons (Fsp3) is 0.727. The Labute approximate surface area is 95.1 Å². The lowest BCUT2D eigenvalue weighted by Crippen LogP contribution is -2.30. The summed E-state index contributed by atoms with van der Waals surface area (Å²) in [6, 6.07) is 0.585. The van der Waals surface area contributed by atoms with E-state index < -0.39 is 0 Å². The number of nitrogens with two attached hydrogens (primary N) is 1. The molecule has 0 spiro atoms. The molecule has 3 unspecified atom stereocenters. The smallest absolute Gasteiger partial charge is 0.184 e. The molecule has 1 aliphatic carbocycles. The Kier molecular flexibility index (Phi) is 3.14. The Morgan fingerprint density at radius 2 is 2.20 bits per heavy atom. The van der Waals surface area contributed by atoms with Crippen LogP contribution in [0.1, 0.15) is 33.1 Å². The largest absolute Gasteiger partial charge is 0.389 e. The molecule has 1 aromatic rings. The van der Waals surface area contributed by atoms with Crippen molar-refractivity contribution in [3.8, 4) is 0 Å². The molecule has 0 radical (unpaired) electrons. The summed E-state index contributed by atoms with van der Waals surface area (Å²) in [5.74, 6) is 1.68. The average molecular weight is 225 g/mol. The first-order valence-corrected chi connectivity index (χ1v) is 6.44. The Morgan fingerprint density at radius 3 is 2.80 bits per heavy atom. The van der Waals surface area contributed by atoms with Gasteiger partial charge in [-0.2, -0.15) is 0 Å². The van der Waals surface area contributed by atoms with E-state index in [0.717, 1.165) is 22.0 Å². The van der Waals surface area contributed by atoms with Crippen LogP contribution in [0.4, 0.5) is 10.1 Å². The summed E-state index contributed by atoms with van der Waals surface area (Å²) in [7, 11) is 0. The van der Waals surface area contributed by atoms with Crippen molar-refractivity contribution in [3.05, 3.63) is 6.20 Å². The molecule has 1 aromatic heterocycles. The zero-order valence-electron chi connectivity index (χ0n) is 9.36. The second-order valence-corrected chi connectivity index (χ2v) is 5.74. The predicted molar refractivity (Wildman–Crippen MR) is 66.1 cm³/mol. The van der Waals surface area contributed by atoms with Gasteiger partial charge in [0.05, 0.1) is 6.20 Å². The summed E-state index contributed by atoms with van der Waals surface area (Å²) in [5.41, 5.74) is 5.65. The second kappa shape index (κ2) is 4.39. The van der Waals surface area contributed by atoms with Crippen LogP contribution < -0.4 is 11.1 Å². The number of thiazole rings is 1. The van der Waals surface area contributed by atoms with E-state index in [4.69, 9.17) is 5.73 Å². The van der Waals surface area contributed by atoms with Crippen LogP contribution in [-0.2, 0) is 0 Å². The molecule has 0 saturated heterocycles. The van der Waals surface area contributed by atoms with Crippen LogP contribution in [0.5, 0.6) is 0 Å². The summed E-state index contributed by atoms with van der Waals surface area (Å²) < 4.78 is 0. The maximum absolute atomic E-state index is 5.65. The van der Waals surface area contributed by atoms with Gasteiger partial charge in [-0.3, -0.25) is 0 Å². The van der Waals surface area contributed by atoms with E-state index in [1.54, 1.807) is 6.20 Å². The Balaban J connectivity index is 1.90. The standard InChI is InChI=1S/C11H19N3S/c1-7-3-4-9(5-8(7)2)14-11-13-6-10(12)15-11/h6-9H,3-5,12H2,1-2H3,(H,13,14). The molecule has 1 saturated carbocycles. The molecule has 3 N–H and O–H groups in total. The van der Waals surface area contributed by atoms with Gasteiger partial charge in [0, 0.05) is 6.04 Å². The molecule has 0 bridgehead atoms. The maximum Gasteiger partial charge on any atom is 0.184 e. The molecule has 4 heteroatoms. The number of anilines is 2. The second-order valence-electron chi connectivity index (χ2n) is 4.68. The topological polar surface area (TPSA) is 50.9 Å². The summed E-state index contributed by atoms with van der Waals surface area (Å²) in [4.78, 5) is 4.24. The number of hydrogen-bond donors (Lipinski definition) is 2. The van der Waals surface area contributed by atoms with Gasteiger partial charge < -0.3 is 11.1 Å². The third-order valence-corrected chi connectivity index (χ3v) is 4.21. The number of nitrogens with one attached hydrogen (secondary N) is 1. The van der Waals surface area contributed by atoms with E-state index in [1.807, 2.05) is 0 Å². The van der Waals surface area contributed by atoms with Crippen LogP contribution in [0, 0.1) is 11.8 Å². The summed E-state index contributed by atoms with van der Waals surface area (Å²) >= 11 is 1.54. The molecule has 0 amide bonds. The van der Waals surface area contributed by atoms with Crippen molar-refractivity contribution in [2.75, 3.05) is 11.1 Å². The minimum absolute atomic E-state index is 0.585. The zero-order chi connectivity index (χ0) is 10.8. The highest BCUT2D eigenvalue weighted by Crippen LogP contribution is 2.32. The Hall–Kier alpha value is -0.770. The van der Waals surface area contributed by atoms with Gasteiger partial charge in [-0.15, -0.1) is 0 Å². The first-order valence-electron chi connectivity index (χ1n) is 5.63. The van der Waals surface area contributed by atoms with Gasteiger partial charge in [0.2, 0.25) is 0 Å². The summed E-state index contributed by atoms with van der Waals surface area (Å²) in [6.07, 6.45) is 5.55. The molecule has 1 aliphatic rings. The number of nitrogens with zero attached hydrogens (tertiary/aromatic N) is 1. The van der Waals surface area contributed by atoms with Gasteiger partial charge >= 0.3 is 0 Å². The highest BCUT2D eigenvalue weighted by molar-refractivity contribution is 7.19. The van der Waals surface area contributed by atoms with Crippen molar-refractivity contribution in [1.29, 1.82) is 0 Å². The van der Waals surface area contributed by atoms with Gasteiger partial charge in [0.15, 0.2) is 5.13 Å². The normalized spacial score (nSPS) is 31.5. The Bertz CT molecular complexity index is 323. The number of hydrogen-bond acceptors (Lipinski definition) is 4. The average Bonchev–Trinajstić information content (AvgIpc) is 2.58. The Morgan fingerprint density at radius 1 is 1.40 bits per heavy atom. The van der Waals surface area contributed by atoms with Crippen LogP contribution in [-0.4, -0.2) is 11.0 Å². The summed E-state index contributed by atoms with van der Waals surface area (Å²) in [5, 5.41) is 5.24. The van der Waals surface area contributed by atoms with Crippen molar-refractivity contribution >= 4 is 21.5 Å². The van der Waals surface area contributed by atoms with Crippen molar-refractivity contribution in [1.82, 2.24) is 4.98 Å². The highest BCUT2D eigenvalue weighted by Gasteiger charge is 2.24. The van der Waals surface area contributed by atoms with Crippen LogP contribution in [0.3, 0.4) is 0 Å². The van der Waals surface area contributed by atoms with Gasteiger partial charge in [-0.25, -0.2) is 4.98 Å². The van der Waals surface area contributed by atoms with E-state index in [1.165, 1.54) is 30.6 Å². The third kappa shape index (κ3) is 2.62. The van der Waals surface area contributed by atoms with Crippen molar-refractivity contribution in [2.45, 2.75) is 39.2 Å². The molecule has 1 fully saturated rings. The molecule has 15 heavy (non-hydrogen) atoms. The van der Waals surface area contributed by atoms with Gasteiger partial charge in [-0.1, -0.05) is 25.2 Å². The highest BCUT2D eigenvalue weighted by atomic mass is 32.1. The lowest BCUT2D eigenvalue weighted by atomic mass is 9.79. The van der Waals surface area contributed by atoms with Crippen LogP contribution >= 0.6 is 11.3 Å². The van der Waals surface area contributed by atoms with E-state index in [2.05, 4.69) is 24.1 Å². The SMILES string of the molecule is CC1CCC(Nc2ncc(N)s2)CC1C. The van der Waals surface area contributed by atoms with E-state index in [9.17, 15) is 0 Å². The van der Waals surface area contributed by atoms with Crippen LogP contribution in [0.2, 0.25) is 0 Å². The molecular formula is C11H19N3S. The quantitative estimate of drug-likeness (QED) is 0.813. The maximum atomic E-state index is 5.65. The third-order valence-electron chi connectivity index (χ3n) is 3.45. The van der Waals surface area contributed by atoms with Gasteiger partial charge in [0.25, 0.3) is 0 Å². The fourth-order valence-electron chi connectivity index (χ4n) is 2.21. The molecule has 1 heterocycles. The molecule has 3 nitrogen and oxygen atoms in total. The number of nitrogen functional groups attached to an aromatic ring is 1. The van der Waals surface area contributed by atoms with E-state index >= 15 is 0 Å². The minimum Gasteiger partial charge on any atom is -0.389 e. The lowest BCUT2D eigenvalue weighted by Gasteiger charge is -2.32. The van der Waals surface area contributed by atoms with Crippen LogP contribution in [0.15, 0.2) is 6.20 Å². The minimum atomic E-state index is 0.585. The monoisotopic (exact) mass is 225 g/mol. The molecule has 84 valence electrons. The van der Waals surface area contributed by atoms with E-state index in [-0.39, 0.29) is 0 Å².